The molecule has 118 valence electrons. The fourth-order valence-electron chi connectivity index (χ4n) is 3.09. The van der Waals surface area contributed by atoms with Crippen molar-refractivity contribution in [2.45, 2.75) is 39.0 Å². The fraction of sp³-hybridized carbons (Fsp3) is 0.368. The van der Waals surface area contributed by atoms with Gasteiger partial charge < -0.3 is 0 Å². The Kier molecular flexibility index (Phi) is 4.60. The molecule has 0 unspecified atom stereocenters. The first-order valence-corrected chi connectivity index (χ1v) is 8.15. The molecular weight excluding hydrogens is 288 g/mol. The van der Waals surface area contributed by atoms with Gasteiger partial charge in [-0.05, 0) is 25.8 Å². The van der Waals surface area contributed by atoms with E-state index in [9.17, 15) is 9.59 Å². The summed E-state index contributed by atoms with van der Waals surface area (Å²) in [7, 11) is 0. The zero-order valence-corrected chi connectivity index (χ0v) is 13.3. The standard InChI is InChI=1S/C19H20N2O2/c1-13-12-16(17(22)14-8-4-2-5-9-14)21-19(20-13)18(23)15-10-6-3-7-11-15/h3,6-7,10-12,14H,2,4-5,8-9H2,1H3. The highest BCUT2D eigenvalue weighted by Crippen LogP contribution is 2.26. The molecule has 0 atom stereocenters. The minimum Gasteiger partial charge on any atom is -0.292 e. The summed E-state index contributed by atoms with van der Waals surface area (Å²) >= 11 is 0. The van der Waals surface area contributed by atoms with Gasteiger partial charge in [0.2, 0.25) is 11.6 Å². The van der Waals surface area contributed by atoms with Gasteiger partial charge in [0.05, 0.1) is 0 Å². The second-order valence-corrected chi connectivity index (χ2v) is 6.11. The quantitative estimate of drug-likeness (QED) is 0.806. The van der Waals surface area contributed by atoms with Crippen LogP contribution in [-0.4, -0.2) is 21.5 Å². The molecule has 0 aliphatic heterocycles. The topological polar surface area (TPSA) is 59.9 Å². The first kappa shape index (κ1) is 15.5. The maximum Gasteiger partial charge on any atom is 0.230 e. The van der Waals surface area contributed by atoms with Crippen molar-refractivity contribution >= 4 is 11.6 Å². The Bertz CT molecular complexity index is 719. The van der Waals surface area contributed by atoms with Crippen molar-refractivity contribution in [3.63, 3.8) is 0 Å². The van der Waals surface area contributed by atoms with Gasteiger partial charge in [-0.3, -0.25) is 9.59 Å². The lowest BCUT2D eigenvalue weighted by atomic mass is 9.85. The van der Waals surface area contributed by atoms with Gasteiger partial charge in [-0.1, -0.05) is 49.6 Å². The maximum atomic E-state index is 12.7. The summed E-state index contributed by atoms with van der Waals surface area (Å²) in [6, 6.07) is 10.6. The zero-order chi connectivity index (χ0) is 16.2. The highest BCUT2D eigenvalue weighted by molar-refractivity contribution is 6.07. The van der Waals surface area contributed by atoms with Crippen molar-refractivity contribution in [1.82, 2.24) is 9.97 Å². The molecule has 1 fully saturated rings. The molecule has 1 aliphatic carbocycles. The van der Waals surface area contributed by atoms with E-state index in [2.05, 4.69) is 9.97 Å². The number of Topliss-reactive ketones (excluding diaryl/α,β-unsaturated/α-hetero) is 1. The van der Waals surface area contributed by atoms with Crippen LogP contribution in [0.15, 0.2) is 36.4 Å². The highest BCUT2D eigenvalue weighted by Gasteiger charge is 2.25. The molecule has 1 heterocycles. The summed E-state index contributed by atoms with van der Waals surface area (Å²) in [4.78, 5) is 33.7. The molecule has 4 nitrogen and oxygen atoms in total. The highest BCUT2D eigenvalue weighted by atomic mass is 16.1. The molecule has 23 heavy (non-hydrogen) atoms. The molecule has 0 N–H and O–H groups in total. The Morgan fingerprint density at radius 1 is 1.00 bits per heavy atom. The van der Waals surface area contributed by atoms with Gasteiger partial charge in [-0.2, -0.15) is 0 Å². The van der Waals surface area contributed by atoms with Crippen LogP contribution in [0.4, 0.5) is 0 Å². The third-order valence-corrected chi connectivity index (χ3v) is 4.32. The second kappa shape index (κ2) is 6.82. The minimum absolute atomic E-state index is 0.0396. The smallest absolute Gasteiger partial charge is 0.230 e. The van der Waals surface area contributed by atoms with Gasteiger partial charge in [0, 0.05) is 17.2 Å². The molecule has 3 rings (SSSR count). The SMILES string of the molecule is Cc1cc(C(=O)C2CCCCC2)nc(C(=O)c2ccccc2)n1. The fourth-order valence-corrected chi connectivity index (χ4v) is 3.09. The molecule has 0 radical (unpaired) electrons. The lowest BCUT2D eigenvalue weighted by Crippen LogP contribution is -2.21. The van der Waals surface area contributed by atoms with Crippen molar-refractivity contribution < 1.29 is 9.59 Å². The van der Waals surface area contributed by atoms with Gasteiger partial charge in [-0.15, -0.1) is 0 Å². The number of carbonyl (C=O) groups is 2. The summed E-state index contributed by atoms with van der Waals surface area (Å²) in [5.74, 6) is -0.0441. The summed E-state index contributed by atoms with van der Waals surface area (Å²) < 4.78 is 0. The number of benzene rings is 1. The molecular formula is C19H20N2O2. The number of hydrogen-bond acceptors (Lipinski definition) is 4. The summed E-state index contributed by atoms with van der Waals surface area (Å²) in [5.41, 5.74) is 1.57. The Labute approximate surface area is 136 Å². The molecule has 0 saturated heterocycles. The van der Waals surface area contributed by atoms with Crippen molar-refractivity contribution in [3.05, 3.63) is 59.2 Å². The molecule has 0 amide bonds. The summed E-state index contributed by atoms with van der Waals surface area (Å²) in [6.45, 7) is 1.79. The average Bonchev–Trinajstić information content (AvgIpc) is 2.61. The molecule has 0 bridgehead atoms. The Balaban J connectivity index is 1.90. The Morgan fingerprint density at radius 3 is 2.39 bits per heavy atom. The predicted molar refractivity (Wildman–Crippen MR) is 87.5 cm³/mol. The van der Waals surface area contributed by atoms with Gasteiger partial charge >= 0.3 is 0 Å². The van der Waals surface area contributed by atoms with Crippen LogP contribution in [0.1, 0.15) is 64.5 Å². The number of aryl methyl sites for hydroxylation is 1. The number of nitrogens with zero attached hydrogens (tertiary/aromatic N) is 2. The summed E-state index contributed by atoms with van der Waals surface area (Å²) in [5, 5.41) is 0. The monoisotopic (exact) mass is 308 g/mol. The van der Waals surface area contributed by atoms with E-state index < -0.39 is 0 Å². The van der Waals surface area contributed by atoms with Crippen LogP contribution >= 0.6 is 0 Å². The Hall–Kier alpha value is -2.36. The van der Waals surface area contributed by atoms with Crippen LogP contribution in [0.2, 0.25) is 0 Å². The van der Waals surface area contributed by atoms with E-state index in [1.165, 1.54) is 6.42 Å². The van der Waals surface area contributed by atoms with Crippen LogP contribution in [0.3, 0.4) is 0 Å². The van der Waals surface area contributed by atoms with Crippen LogP contribution in [-0.2, 0) is 0 Å². The molecule has 1 aromatic heterocycles. The molecule has 0 spiro atoms. The molecule has 1 saturated carbocycles. The molecule has 1 aliphatic rings. The molecule has 4 heteroatoms. The minimum atomic E-state index is -0.244. The van der Waals surface area contributed by atoms with Crippen molar-refractivity contribution in [1.29, 1.82) is 0 Å². The predicted octanol–water partition coefficient (Wildman–Crippen LogP) is 3.78. The van der Waals surface area contributed by atoms with Gasteiger partial charge in [-0.25, -0.2) is 9.97 Å². The average molecular weight is 308 g/mol. The van der Waals surface area contributed by atoms with E-state index in [4.69, 9.17) is 0 Å². The van der Waals surface area contributed by atoms with Gasteiger partial charge in [0.1, 0.15) is 5.69 Å². The van der Waals surface area contributed by atoms with Crippen molar-refractivity contribution in [2.75, 3.05) is 0 Å². The van der Waals surface area contributed by atoms with Crippen LogP contribution < -0.4 is 0 Å². The van der Waals surface area contributed by atoms with Crippen LogP contribution in [0.5, 0.6) is 0 Å². The van der Waals surface area contributed by atoms with E-state index in [1.807, 2.05) is 6.07 Å². The summed E-state index contributed by atoms with van der Waals surface area (Å²) in [6.07, 6.45) is 5.23. The van der Waals surface area contributed by atoms with E-state index in [0.717, 1.165) is 25.7 Å². The van der Waals surface area contributed by atoms with Crippen molar-refractivity contribution in [2.24, 2.45) is 5.92 Å². The zero-order valence-electron chi connectivity index (χ0n) is 13.3. The second-order valence-electron chi connectivity index (χ2n) is 6.11. The van der Waals surface area contributed by atoms with E-state index in [0.29, 0.717) is 17.0 Å². The lowest BCUT2D eigenvalue weighted by molar-refractivity contribution is 0.0883. The largest absolute Gasteiger partial charge is 0.292 e. The van der Waals surface area contributed by atoms with Gasteiger partial charge in [0.25, 0.3) is 0 Å². The first-order chi connectivity index (χ1) is 11.1. The number of rotatable bonds is 4. The van der Waals surface area contributed by atoms with E-state index >= 15 is 0 Å². The third kappa shape index (κ3) is 3.52. The third-order valence-electron chi connectivity index (χ3n) is 4.32. The molecule has 2 aromatic rings. The van der Waals surface area contributed by atoms with Crippen LogP contribution in [0, 0.1) is 12.8 Å². The first-order valence-electron chi connectivity index (χ1n) is 8.15. The van der Waals surface area contributed by atoms with Crippen LogP contribution in [0.25, 0.3) is 0 Å². The Morgan fingerprint density at radius 2 is 1.70 bits per heavy atom. The van der Waals surface area contributed by atoms with E-state index in [-0.39, 0.29) is 23.3 Å². The number of hydrogen-bond donors (Lipinski definition) is 0. The number of aromatic nitrogens is 2. The number of carbonyl (C=O) groups excluding carboxylic acids is 2. The van der Waals surface area contributed by atoms with E-state index in [1.54, 1.807) is 37.3 Å². The lowest BCUT2D eigenvalue weighted by Gasteiger charge is -2.20. The van der Waals surface area contributed by atoms with Crippen molar-refractivity contribution in [3.8, 4) is 0 Å². The molecule has 1 aromatic carbocycles. The maximum absolute atomic E-state index is 12.7. The normalized spacial score (nSPS) is 15.3. The van der Waals surface area contributed by atoms with Gasteiger partial charge in [0.15, 0.2) is 5.78 Å². The number of ketones is 2.